The van der Waals surface area contributed by atoms with Crippen LogP contribution in [0.15, 0.2) is 18.2 Å². The van der Waals surface area contributed by atoms with Gasteiger partial charge in [0.05, 0.1) is 11.0 Å². The Morgan fingerprint density at radius 2 is 2.00 bits per heavy atom. The largest absolute Gasteiger partial charge is 0.392 e. The molecule has 0 bridgehead atoms. The van der Waals surface area contributed by atoms with Crippen LogP contribution in [0.5, 0.6) is 0 Å². The molecule has 5 heteroatoms. The first-order valence-electron chi connectivity index (χ1n) is 4.34. The Kier molecular flexibility index (Phi) is 3.71. The highest BCUT2D eigenvalue weighted by molar-refractivity contribution is 7.80. The summed E-state index contributed by atoms with van der Waals surface area (Å²) in [5.74, 6) is -1.25. The fourth-order valence-electron chi connectivity index (χ4n) is 1.41. The van der Waals surface area contributed by atoms with Crippen molar-refractivity contribution in [3.63, 3.8) is 0 Å². The van der Waals surface area contributed by atoms with E-state index in [-0.39, 0.29) is 10.6 Å². The number of rotatable bonds is 3. The van der Waals surface area contributed by atoms with Crippen LogP contribution in [0, 0.1) is 11.6 Å². The molecule has 1 aromatic carbocycles. The van der Waals surface area contributed by atoms with Gasteiger partial charge < -0.3 is 5.73 Å². The first-order valence-corrected chi connectivity index (χ1v) is 4.75. The highest BCUT2D eigenvalue weighted by Crippen LogP contribution is 2.22. The maximum atomic E-state index is 13.4. The molecule has 0 fully saturated rings. The van der Waals surface area contributed by atoms with Gasteiger partial charge in [-0.05, 0) is 20.2 Å². The molecule has 1 rings (SSSR count). The average molecular weight is 230 g/mol. The van der Waals surface area contributed by atoms with E-state index in [9.17, 15) is 8.78 Å². The molecule has 1 atom stereocenters. The van der Waals surface area contributed by atoms with E-state index in [2.05, 4.69) is 0 Å². The van der Waals surface area contributed by atoms with E-state index >= 15 is 0 Å². The van der Waals surface area contributed by atoms with Crippen molar-refractivity contribution in [2.24, 2.45) is 5.73 Å². The minimum atomic E-state index is -0.637. The molecule has 0 aliphatic rings. The fraction of sp³-hybridized carbons (Fsp3) is 0.300. The molecule has 0 aliphatic carbocycles. The highest BCUT2D eigenvalue weighted by Gasteiger charge is 2.20. The molecule has 82 valence electrons. The smallest absolute Gasteiger partial charge is 0.131 e. The summed E-state index contributed by atoms with van der Waals surface area (Å²) in [5, 5.41) is 0. The van der Waals surface area contributed by atoms with Gasteiger partial charge in [-0.15, -0.1) is 0 Å². The lowest BCUT2D eigenvalue weighted by atomic mass is 10.1. The van der Waals surface area contributed by atoms with E-state index in [1.165, 1.54) is 12.1 Å². The van der Waals surface area contributed by atoms with Crippen molar-refractivity contribution in [2.75, 3.05) is 14.1 Å². The first kappa shape index (κ1) is 12.0. The van der Waals surface area contributed by atoms with Crippen molar-refractivity contribution < 1.29 is 8.78 Å². The van der Waals surface area contributed by atoms with E-state index in [0.717, 1.165) is 6.07 Å². The van der Waals surface area contributed by atoms with Crippen LogP contribution in [-0.2, 0) is 0 Å². The number of nitrogens with two attached hydrogens (primary N) is 1. The van der Waals surface area contributed by atoms with Crippen molar-refractivity contribution in [2.45, 2.75) is 6.04 Å². The number of nitrogens with zero attached hydrogens (tertiary/aromatic N) is 1. The summed E-state index contributed by atoms with van der Waals surface area (Å²) in [4.78, 5) is 1.84. The third kappa shape index (κ3) is 2.70. The second-order valence-electron chi connectivity index (χ2n) is 3.43. The third-order valence-electron chi connectivity index (χ3n) is 2.04. The van der Waals surface area contributed by atoms with Crippen LogP contribution in [0.2, 0.25) is 0 Å². The molecule has 0 saturated carbocycles. The monoisotopic (exact) mass is 230 g/mol. The molecule has 2 nitrogen and oxygen atoms in total. The minimum absolute atomic E-state index is 0.158. The summed E-state index contributed by atoms with van der Waals surface area (Å²) < 4.78 is 26.1. The molecule has 0 amide bonds. The number of hydrogen-bond acceptors (Lipinski definition) is 2. The summed E-state index contributed by atoms with van der Waals surface area (Å²) in [5.41, 5.74) is 5.79. The number of thiocarbonyl (C=S) groups is 1. The SMILES string of the molecule is CN(C)C(C(N)=S)c1ccc(F)cc1F. The van der Waals surface area contributed by atoms with Crippen LogP contribution in [0.25, 0.3) is 0 Å². The normalized spacial score (nSPS) is 12.9. The Morgan fingerprint density at radius 1 is 1.40 bits per heavy atom. The zero-order chi connectivity index (χ0) is 11.6. The first-order chi connectivity index (χ1) is 6.93. The number of halogens is 2. The quantitative estimate of drug-likeness (QED) is 0.804. The second-order valence-corrected chi connectivity index (χ2v) is 3.91. The van der Waals surface area contributed by atoms with Crippen LogP contribution in [0.4, 0.5) is 8.78 Å². The number of benzene rings is 1. The van der Waals surface area contributed by atoms with Gasteiger partial charge in [-0.3, -0.25) is 4.90 Å². The van der Waals surface area contributed by atoms with Crippen molar-refractivity contribution in [1.29, 1.82) is 0 Å². The molecule has 0 heterocycles. The van der Waals surface area contributed by atoms with Gasteiger partial charge in [0, 0.05) is 11.6 Å². The maximum Gasteiger partial charge on any atom is 0.131 e. The summed E-state index contributed by atoms with van der Waals surface area (Å²) in [6.07, 6.45) is 0. The van der Waals surface area contributed by atoms with Gasteiger partial charge in [-0.25, -0.2) is 8.78 Å². The molecular weight excluding hydrogens is 218 g/mol. The standard InChI is InChI=1S/C10H12F2N2S/c1-14(2)9(10(13)15)7-4-3-6(11)5-8(7)12/h3-5,9H,1-2H3,(H2,13,15). The predicted octanol–water partition coefficient (Wildman–Crippen LogP) is 1.85. The summed E-state index contributed by atoms with van der Waals surface area (Å²) in [7, 11) is 3.46. The molecule has 1 unspecified atom stereocenters. The van der Waals surface area contributed by atoms with Crippen LogP contribution >= 0.6 is 12.2 Å². The van der Waals surface area contributed by atoms with E-state index in [0.29, 0.717) is 0 Å². The van der Waals surface area contributed by atoms with Gasteiger partial charge in [0.1, 0.15) is 11.6 Å². The summed E-state index contributed by atoms with van der Waals surface area (Å²) >= 11 is 4.84. The molecule has 1 aromatic rings. The Balaban J connectivity index is 3.17. The van der Waals surface area contributed by atoms with Gasteiger partial charge in [0.2, 0.25) is 0 Å². The summed E-state index contributed by atoms with van der Waals surface area (Å²) in [6.45, 7) is 0. The Labute approximate surface area is 92.7 Å². The van der Waals surface area contributed by atoms with Crippen molar-refractivity contribution in [3.8, 4) is 0 Å². The number of hydrogen-bond donors (Lipinski definition) is 1. The Morgan fingerprint density at radius 3 is 2.40 bits per heavy atom. The van der Waals surface area contributed by atoms with Crippen LogP contribution < -0.4 is 5.73 Å². The van der Waals surface area contributed by atoms with Crippen LogP contribution in [0.1, 0.15) is 11.6 Å². The zero-order valence-corrected chi connectivity index (χ0v) is 9.31. The van der Waals surface area contributed by atoms with E-state index in [1.54, 1.807) is 19.0 Å². The third-order valence-corrected chi connectivity index (χ3v) is 2.27. The van der Waals surface area contributed by atoms with Crippen LogP contribution in [-0.4, -0.2) is 24.0 Å². The molecule has 2 N–H and O–H groups in total. The van der Waals surface area contributed by atoms with Gasteiger partial charge >= 0.3 is 0 Å². The van der Waals surface area contributed by atoms with Crippen molar-refractivity contribution in [1.82, 2.24) is 4.90 Å². The molecule has 0 aliphatic heterocycles. The van der Waals surface area contributed by atoms with Gasteiger partial charge in [0.25, 0.3) is 0 Å². The van der Waals surface area contributed by atoms with Crippen molar-refractivity contribution in [3.05, 3.63) is 35.4 Å². The van der Waals surface area contributed by atoms with E-state index in [1.807, 2.05) is 0 Å². The molecule has 0 spiro atoms. The predicted molar refractivity (Wildman–Crippen MR) is 59.6 cm³/mol. The average Bonchev–Trinajstić information content (AvgIpc) is 2.08. The molecule has 15 heavy (non-hydrogen) atoms. The highest BCUT2D eigenvalue weighted by atomic mass is 32.1. The lowest BCUT2D eigenvalue weighted by molar-refractivity contribution is 0.361. The topological polar surface area (TPSA) is 29.3 Å². The Bertz CT molecular complexity index is 380. The zero-order valence-electron chi connectivity index (χ0n) is 8.50. The molecular formula is C10H12F2N2S. The lowest BCUT2D eigenvalue weighted by Gasteiger charge is -2.23. The Hall–Kier alpha value is -1.07. The molecule has 0 saturated heterocycles. The number of likely N-dealkylation sites (N-methyl/N-ethyl adjacent to an activating group) is 1. The van der Waals surface area contributed by atoms with E-state index in [4.69, 9.17) is 18.0 Å². The molecule has 0 radical (unpaired) electrons. The van der Waals surface area contributed by atoms with Gasteiger partial charge in [-0.1, -0.05) is 18.3 Å². The van der Waals surface area contributed by atoms with Crippen LogP contribution in [0.3, 0.4) is 0 Å². The fourth-order valence-corrected chi connectivity index (χ4v) is 1.75. The molecule has 0 aromatic heterocycles. The lowest BCUT2D eigenvalue weighted by Crippen LogP contribution is -2.32. The second kappa shape index (κ2) is 4.63. The maximum absolute atomic E-state index is 13.4. The summed E-state index contributed by atoms with van der Waals surface area (Å²) in [6, 6.07) is 2.85. The minimum Gasteiger partial charge on any atom is -0.392 e. The van der Waals surface area contributed by atoms with Gasteiger partial charge in [0.15, 0.2) is 0 Å². The van der Waals surface area contributed by atoms with E-state index < -0.39 is 17.7 Å². The van der Waals surface area contributed by atoms with Crippen molar-refractivity contribution >= 4 is 17.2 Å². The van der Waals surface area contributed by atoms with Gasteiger partial charge in [-0.2, -0.15) is 0 Å².